The van der Waals surface area contributed by atoms with Gasteiger partial charge in [0.05, 0.1) is 6.42 Å². The van der Waals surface area contributed by atoms with Crippen LogP contribution >= 0.6 is 0 Å². The van der Waals surface area contributed by atoms with Gasteiger partial charge in [-0.3, -0.25) is 14.4 Å². The van der Waals surface area contributed by atoms with E-state index in [4.69, 9.17) is 14.6 Å². The van der Waals surface area contributed by atoms with Gasteiger partial charge in [0.15, 0.2) is 11.9 Å². The fourth-order valence-corrected chi connectivity index (χ4v) is 1.34. The third-order valence-corrected chi connectivity index (χ3v) is 2.32. The molecule has 6 heteroatoms. The third kappa shape index (κ3) is 8.69. The monoisotopic (exact) mass is 260 g/mol. The minimum Gasteiger partial charge on any atom is -0.481 e. The van der Waals surface area contributed by atoms with Crippen LogP contribution in [0.3, 0.4) is 0 Å². The van der Waals surface area contributed by atoms with E-state index in [2.05, 4.69) is 0 Å². The Hall–Kier alpha value is -1.43. The molecule has 0 aliphatic carbocycles. The minimum absolute atomic E-state index is 0.188. The van der Waals surface area contributed by atoms with E-state index in [0.717, 1.165) is 12.8 Å². The largest absolute Gasteiger partial charge is 0.481 e. The number of Topliss-reactive ketones (excluding diaryl/α,β-unsaturated/α-hetero) is 1. The molecule has 6 nitrogen and oxygen atoms in total. The number of carboxylic acids is 1. The van der Waals surface area contributed by atoms with Crippen LogP contribution in [0.4, 0.5) is 0 Å². The average Bonchev–Trinajstić information content (AvgIpc) is 2.27. The predicted molar refractivity (Wildman–Crippen MR) is 63.2 cm³/mol. The molecule has 0 aromatic carbocycles. The number of methoxy groups -OCH3 is 1. The molecular formula is C12H20O6. The second-order valence-corrected chi connectivity index (χ2v) is 3.99. The molecule has 0 aromatic rings. The maximum atomic E-state index is 11.4. The Labute approximate surface area is 106 Å². The van der Waals surface area contributed by atoms with E-state index in [1.807, 2.05) is 0 Å². The van der Waals surface area contributed by atoms with Crippen molar-refractivity contribution in [3.8, 4) is 0 Å². The van der Waals surface area contributed by atoms with Crippen LogP contribution in [-0.2, 0) is 23.9 Å². The van der Waals surface area contributed by atoms with Gasteiger partial charge in [0.1, 0.15) is 0 Å². The molecule has 0 amide bonds. The molecule has 0 rings (SSSR count). The quantitative estimate of drug-likeness (QED) is 0.468. The van der Waals surface area contributed by atoms with Gasteiger partial charge in [0.25, 0.3) is 0 Å². The van der Waals surface area contributed by atoms with E-state index in [9.17, 15) is 14.4 Å². The van der Waals surface area contributed by atoms with Gasteiger partial charge in [-0.2, -0.15) is 0 Å². The number of aliphatic carboxylic acids is 1. The van der Waals surface area contributed by atoms with Crippen molar-refractivity contribution in [2.75, 3.05) is 13.7 Å². The van der Waals surface area contributed by atoms with Crippen LogP contribution in [0, 0.1) is 0 Å². The Morgan fingerprint density at radius 2 is 1.83 bits per heavy atom. The maximum absolute atomic E-state index is 11.4. The standard InChI is InChI=1S/C12H20O6/c1-9(13)10(8-11(14)15)18-12(16)6-4-3-5-7-17-2/h10H,3-8H2,1-2H3,(H,14,15). The number of unbranched alkanes of at least 4 members (excludes halogenated alkanes) is 2. The zero-order chi connectivity index (χ0) is 14.0. The number of carbonyl (C=O) groups is 3. The first-order valence-electron chi connectivity index (χ1n) is 5.88. The van der Waals surface area contributed by atoms with Crippen molar-refractivity contribution in [3.05, 3.63) is 0 Å². The van der Waals surface area contributed by atoms with Crippen LogP contribution in [0.5, 0.6) is 0 Å². The van der Waals surface area contributed by atoms with Crippen LogP contribution in [0.15, 0.2) is 0 Å². The van der Waals surface area contributed by atoms with Crippen LogP contribution in [0.25, 0.3) is 0 Å². The Morgan fingerprint density at radius 3 is 2.33 bits per heavy atom. The van der Waals surface area contributed by atoms with Gasteiger partial charge in [-0.1, -0.05) is 6.42 Å². The summed E-state index contributed by atoms with van der Waals surface area (Å²) in [5, 5.41) is 8.56. The molecule has 0 aliphatic heterocycles. The third-order valence-electron chi connectivity index (χ3n) is 2.32. The fraction of sp³-hybridized carbons (Fsp3) is 0.750. The van der Waals surface area contributed by atoms with Crippen molar-refractivity contribution < 1.29 is 29.0 Å². The second kappa shape index (κ2) is 9.58. The number of ketones is 1. The van der Waals surface area contributed by atoms with Crippen LogP contribution in [-0.4, -0.2) is 42.6 Å². The fourth-order valence-electron chi connectivity index (χ4n) is 1.34. The molecule has 0 fully saturated rings. The molecule has 0 aliphatic rings. The van der Waals surface area contributed by atoms with E-state index in [1.54, 1.807) is 7.11 Å². The molecule has 104 valence electrons. The predicted octanol–water partition coefficient (Wildman–Crippen LogP) is 1.17. The van der Waals surface area contributed by atoms with Crippen molar-refractivity contribution in [1.29, 1.82) is 0 Å². The molecule has 1 atom stereocenters. The summed E-state index contributed by atoms with van der Waals surface area (Å²) in [4.78, 5) is 32.9. The maximum Gasteiger partial charge on any atom is 0.307 e. The first kappa shape index (κ1) is 16.6. The highest BCUT2D eigenvalue weighted by molar-refractivity contribution is 5.87. The molecule has 0 spiro atoms. The molecular weight excluding hydrogens is 240 g/mol. The molecule has 0 aromatic heterocycles. The van der Waals surface area contributed by atoms with Crippen molar-refractivity contribution in [2.24, 2.45) is 0 Å². The van der Waals surface area contributed by atoms with Crippen molar-refractivity contribution in [2.45, 2.75) is 45.1 Å². The lowest BCUT2D eigenvalue weighted by Crippen LogP contribution is -2.28. The minimum atomic E-state index is -1.17. The smallest absolute Gasteiger partial charge is 0.307 e. The van der Waals surface area contributed by atoms with Gasteiger partial charge in [-0.05, 0) is 19.8 Å². The summed E-state index contributed by atoms with van der Waals surface area (Å²) in [6.45, 7) is 1.85. The SMILES string of the molecule is COCCCCCC(=O)OC(CC(=O)O)C(C)=O. The summed E-state index contributed by atoms with van der Waals surface area (Å²) in [6.07, 6.45) is 0.855. The normalized spacial score (nSPS) is 11.9. The van der Waals surface area contributed by atoms with Gasteiger partial charge in [0, 0.05) is 20.1 Å². The van der Waals surface area contributed by atoms with Crippen LogP contribution < -0.4 is 0 Å². The Bertz CT molecular complexity index is 286. The highest BCUT2D eigenvalue weighted by atomic mass is 16.5. The van der Waals surface area contributed by atoms with Gasteiger partial charge < -0.3 is 14.6 Å². The van der Waals surface area contributed by atoms with E-state index >= 15 is 0 Å². The van der Waals surface area contributed by atoms with Gasteiger partial charge in [0.2, 0.25) is 0 Å². The Kier molecular flexibility index (Phi) is 8.82. The van der Waals surface area contributed by atoms with Crippen molar-refractivity contribution >= 4 is 17.7 Å². The number of esters is 1. The number of rotatable bonds is 10. The molecule has 0 radical (unpaired) electrons. The summed E-state index contributed by atoms with van der Waals surface area (Å²) in [6, 6.07) is 0. The van der Waals surface area contributed by atoms with Gasteiger partial charge >= 0.3 is 11.9 Å². The number of carbonyl (C=O) groups excluding carboxylic acids is 2. The summed E-state index contributed by atoms with van der Waals surface area (Å²) >= 11 is 0. The van der Waals surface area contributed by atoms with Crippen molar-refractivity contribution in [3.63, 3.8) is 0 Å². The lowest BCUT2D eigenvalue weighted by atomic mass is 10.1. The highest BCUT2D eigenvalue weighted by Gasteiger charge is 2.22. The van der Waals surface area contributed by atoms with E-state index in [0.29, 0.717) is 13.0 Å². The second-order valence-electron chi connectivity index (χ2n) is 3.99. The summed E-state index contributed by atoms with van der Waals surface area (Å²) in [7, 11) is 1.61. The summed E-state index contributed by atoms with van der Waals surface area (Å²) in [5.41, 5.74) is 0. The Morgan fingerprint density at radius 1 is 1.17 bits per heavy atom. The molecule has 0 heterocycles. The molecule has 0 bridgehead atoms. The van der Waals surface area contributed by atoms with E-state index in [-0.39, 0.29) is 6.42 Å². The topological polar surface area (TPSA) is 89.9 Å². The molecule has 0 saturated heterocycles. The highest BCUT2D eigenvalue weighted by Crippen LogP contribution is 2.06. The van der Waals surface area contributed by atoms with Gasteiger partial charge in [-0.25, -0.2) is 0 Å². The number of ether oxygens (including phenoxy) is 2. The zero-order valence-electron chi connectivity index (χ0n) is 10.8. The molecule has 0 saturated carbocycles. The van der Waals surface area contributed by atoms with Gasteiger partial charge in [-0.15, -0.1) is 0 Å². The number of hydrogen-bond donors (Lipinski definition) is 1. The average molecular weight is 260 g/mol. The number of carboxylic acid groups (broad SMARTS) is 1. The summed E-state index contributed by atoms with van der Waals surface area (Å²) < 4.78 is 9.69. The molecule has 18 heavy (non-hydrogen) atoms. The molecule has 1 unspecified atom stereocenters. The van der Waals surface area contributed by atoms with E-state index in [1.165, 1.54) is 6.92 Å². The zero-order valence-corrected chi connectivity index (χ0v) is 10.8. The van der Waals surface area contributed by atoms with Crippen molar-refractivity contribution in [1.82, 2.24) is 0 Å². The number of hydrogen-bond acceptors (Lipinski definition) is 5. The lowest BCUT2D eigenvalue weighted by Gasteiger charge is -2.12. The molecule has 1 N–H and O–H groups in total. The summed E-state index contributed by atoms with van der Waals surface area (Å²) in [5.74, 6) is -2.15. The first-order valence-corrected chi connectivity index (χ1v) is 5.88. The van der Waals surface area contributed by atoms with Crippen LogP contribution in [0.2, 0.25) is 0 Å². The Balaban J connectivity index is 3.88. The lowest BCUT2D eigenvalue weighted by molar-refractivity contribution is -0.158. The first-order chi connectivity index (χ1) is 8.47. The van der Waals surface area contributed by atoms with Crippen LogP contribution in [0.1, 0.15) is 39.0 Å². The van der Waals surface area contributed by atoms with E-state index < -0.39 is 30.2 Å².